The first-order valence-corrected chi connectivity index (χ1v) is 11.3. The van der Waals surface area contributed by atoms with Gasteiger partial charge < -0.3 is 10.1 Å². The van der Waals surface area contributed by atoms with Crippen LogP contribution in [-0.2, 0) is 11.3 Å². The number of amides is 1. The Morgan fingerprint density at radius 3 is 2.76 bits per heavy atom. The molecule has 0 aromatic heterocycles. The second-order valence-electron chi connectivity index (χ2n) is 7.54. The summed E-state index contributed by atoms with van der Waals surface area (Å²) in [4.78, 5) is 16.8. The van der Waals surface area contributed by atoms with Gasteiger partial charge in [0.15, 0.2) is 0 Å². The van der Waals surface area contributed by atoms with E-state index in [1.54, 1.807) is 0 Å². The molecular weight excluding hydrogens is 382 g/mol. The topological polar surface area (TPSA) is 44.8 Å². The molecule has 0 aliphatic carbocycles. The second-order valence-corrected chi connectivity index (χ2v) is 8.76. The highest BCUT2D eigenvalue weighted by atomic mass is 32.2. The minimum atomic E-state index is -0.00502. The van der Waals surface area contributed by atoms with Gasteiger partial charge in [-0.05, 0) is 49.4 Å². The minimum Gasteiger partial charge on any atom is -0.492 e. The van der Waals surface area contributed by atoms with Crippen LogP contribution in [-0.4, -0.2) is 67.0 Å². The van der Waals surface area contributed by atoms with Crippen molar-refractivity contribution in [1.82, 2.24) is 9.80 Å². The van der Waals surface area contributed by atoms with Crippen molar-refractivity contribution < 1.29 is 9.53 Å². The van der Waals surface area contributed by atoms with Crippen LogP contribution in [0.4, 0.5) is 5.69 Å². The molecule has 1 saturated heterocycles. The van der Waals surface area contributed by atoms with E-state index in [-0.39, 0.29) is 5.91 Å². The molecule has 0 radical (unpaired) electrons. The predicted molar refractivity (Wildman–Crippen MR) is 122 cm³/mol. The summed E-state index contributed by atoms with van der Waals surface area (Å²) in [5.74, 6) is 3.27. The maximum absolute atomic E-state index is 12.4. The van der Waals surface area contributed by atoms with Crippen LogP contribution in [0.3, 0.4) is 0 Å². The van der Waals surface area contributed by atoms with Crippen LogP contribution < -0.4 is 10.1 Å². The summed E-state index contributed by atoms with van der Waals surface area (Å²) in [5, 5.41) is 3.02. The van der Waals surface area contributed by atoms with Gasteiger partial charge in [0, 0.05) is 43.4 Å². The Morgan fingerprint density at radius 2 is 1.97 bits per heavy atom. The van der Waals surface area contributed by atoms with E-state index in [1.165, 1.54) is 22.6 Å². The Kier molecular flexibility index (Phi) is 8.40. The lowest BCUT2D eigenvalue weighted by atomic mass is 10.2. The van der Waals surface area contributed by atoms with Crippen LogP contribution in [0.15, 0.2) is 48.5 Å². The molecule has 5 nitrogen and oxygen atoms in total. The molecular formula is C23H31N3O2S. The minimum absolute atomic E-state index is 0.00502. The average molecular weight is 414 g/mol. The molecule has 156 valence electrons. The van der Waals surface area contributed by atoms with E-state index in [0.717, 1.165) is 31.1 Å². The second kappa shape index (κ2) is 11.2. The number of nitrogens with one attached hydrogen (secondary N) is 1. The van der Waals surface area contributed by atoms with Crippen LogP contribution in [0.2, 0.25) is 0 Å². The number of hydrogen-bond donors (Lipinski definition) is 1. The molecule has 1 N–H and O–H groups in total. The first-order valence-electron chi connectivity index (χ1n) is 10.2. The molecule has 1 heterocycles. The highest BCUT2D eigenvalue weighted by Crippen LogP contribution is 2.16. The van der Waals surface area contributed by atoms with Crippen molar-refractivity contribution in [3.8, 4) is 5.75 Å². The Bertz CT molecular complexity index is 793. The maximum atomic E-state index is 12.4. The molecule has 29 heavy (non-hydrogen) atoms. The third-order valence-electron chi connectivity index (χ3n) is 4.87. The molecule has 1 amide bonds. The number of benzene rings is 2. The number of carbonyl (C=O) groups excluding carboxylic acids is 1. The highest BCUT2D eigenvalue weighted by molar-refractivity contribution is 7.99. The van der Waals surface area contributed by atoms with Crippen LogP contribution in [0.1, 0.15) is 11.1 Å². The molecule has 0 unspecified atom stereocenters. The Balaban J connectivity index is 1.40. The fraction of sp³-hybridized carbons (Fsp3) is 0.435. The number of ether oxygens (including phenoxy) is 1. The van der Waals surface area contributed by atoms with E-state index in [2.05, 4.69) is 22.3 Å². The predicted octanol–water partition coefficient (Wildman–Crippen LogP) is 3.49. The number of hydrogen-bond acceptors (Lipinski definition) is 5. The maximum Gasteiger partial charge on any atom is 0.238 e. The van der Waals surface area contributed by atoms with Crippen LogP contribution in [0, 0.1) is 6.92 Å². The fourth-order valence-electron chi connectivity index (χ4n) is 3.31. The lowest BCUT2D eigenvalue weighted by molar-refractivity contribution is -0.117. The van der Waals surface area contributed by atoms with Gasteiger partial charge in [-0.25, -0.2) is 0 Å². The summed E-state index contributed by atoms with van der Waals surface area (Å²) >= 11 is 2.02. The van der Waals surface area contributed by atoms with Gasteiger partial charge in [0.2, 0.25) is 5.91 Å². The standard InChI is InChI=1S/C23H31N3O2S/c1-19-5-3-8-22(15-19)28-12-9-25(2)18-23(27)24-21-7-4-6-20(16-21)17-26-10-13-29-14-11-26/h3-8,15-16H,9-14,17-18H2,1-2H3,(H,24,27). The molecule has 0 atom stereocenters. The van der Waals surface area contributed by atoms with E-state index >= 15 is 0 Å². The number of rotatable bonds is 9. The molecule has 2 aromatic rings. The number of aryl methyl sites for hydroxylation is 1. The zero-order chi connectivity index (χ0) is 20.5. The van der Waals surface area contributed by atoms with E-state index in [4.69, 9.17) is 4.74 Å². The molecule has 1 fully saturated rings. The molecule has 6 heteroatoms. The molecule has 0 bridgehead atoms. The quantitative estimate of drug-likeness (QED) is 0.682. The first kappa shape index (κ1) is 21.7. The zero-order valence-corrected chi connectivity index (χ0v) is 18.2. The lowest BCUT2D eigenvalue weighted by Gasteiger charge is -2.26. The Morgan fingerprint density at radius 1 is 1.17 bits per heavy atom. The number of anilines is 1. The number of likely N-dealkylation sites (N-methyl/N-ethyl adjacent to an activating group) is 1. The normalized spacial score (nSPS) is 14.7. The third kappa shape index (κ3) is 7.72. The van der Waals surface area contributed by atoms with Gasteiger partial charge >= 0.3 is 0 Å². The van der Waals surface area contributed by atoms with Crippen molar-refractivity contribution in [3.05, 3.63) is 59.7 Å². The van der Waals surface area contributed by atoms with E-state index in [1.807, 2.05) is 67.0 Å². The molecule has 3 rings (SSSR count). The summed E-state index contributed by atoms with van der Waals surface area (Å²) in [6.45, 7) is 6.84. The van der Waals surface area contributed by atoms with Crippen LogP contribution >= 0.6 is 11.8 Å². The average Bonchev–Trinajstić information content (AvgIpc) is 2.69. The molecule has 2 aromatic carbocycles. The monoisotopic (exact) mass is 413 g/mol. The van der Waals surface area contributed by atoms with Crippen molar-refractivity contribution in [2.45, 2.75) is 13.5 Å². The smallest absolute Gasteiger partial charge is 0.238 e. The van der Waals surface area contributed by atoms with Crippen molar-refractivity contribution in [3.63, 3.8) is 0 Å². The largest absolute Gasteiger partial charge is 0.492 e. The third-order valence-corrected chi connectivity index (χ3v) is 5.81. The highest BCUT2D eigenvalue weighted by Gasteiger charge is 2.12. The van der Waals surface area contributed by atoms with E-state index in [0.29, 0.717) is 19.7 Å². The number of thioether (sulfide) groups is 1. The van der Waals surface area contributed by atoms with Crippen LogP contribution in [0.5, 0.6) is 5.75 Å². The summed E-state index contributed by atoms with van der Waals surface area (Å²) in [6.07, 6.45) is 0. The van der Waals surface area contributed by atoms with Gasteiger partial charge in [-0.3, -0.25) is 14.6 Å². The van der Waals surface area contributed by atoms with Crippen LogP contribution in [0.25, 0.3) is 0 Å². The van der Waals surface area contributed by atoms with Crippen molar-refractivity contribution >= 4 is 23.4 Å². The first-order chi connectivity index (χ1) is 14.1. The van der Waals surface area contributed by atoms with Gasteiger partial charge in [0.05, 0.1) is 6.54 Å². The summed E-state index contributed by atoms with van der Waals surface area (Å²) < 4.78 is 5.77. The van der Waals surface area contributed by atoms with Gasteiger partial charge in [-0.15, -0.1) is 0 Å². The lowest BCUT2D eigenvalue weighted by Crippen LogP contribution is -2.33. The van der Waals surface area contributed by atoms with E-state index in [9.17, 15) is 4.79 Å². The number of carbonyl (C=O) groups is 1. The summed E-state index contributed by atoms with van der Waals surface area (Å²) in [6, 6.07) is 16.2. The summed E-state index contributed by atoms with van der Waals surface area (Å²) in [5.41, 5.74) is 3.29. The number of nitrogens with zero attached hydrogens (tertiary/aromatic N) is 2. The van der Waals surface area contributed by atoms with Crippen molar-refractivity contribution in [2.24, 2.45) is 0 Å². The van der Waals surface area contributed by atoms with Gasteiger partial charge in [0.1, 0.15) is 12.4 Å². The van der Waals surface area contributed by atoms with Gasteiger partial charge in [-0.1, -0.05) is 24.3 Å². The van der Waals surface area contributed by atoms with Gasteiger partial charge in [0.25, 0.3) is 0 Å². The fourth-order valence-corrected chi connectivity index (χ4v) is 4.29. The SMILES string of the molecule is Cc1cccc(OCCN(C)CC(=O)Nc2cccc(CN3CCSCC3)c2)c1. The zero-order valence-electron chi connectivity index (χ0n) is 17.4. The van der Waals surface area contributed by atoms with Crippen molar-refractivity contribution in [2.75, 3.05) is 56.7 Å². The molecule has 1 aliphatic heterocycles. The van der Waals surface area contributed by atoms with Gasteiger partial charge in [-0.2, -0.15) is 11.8 Å². The molecule has 1 aliphatic rings. The molecule has 0 spiro atoms. The Hall–Kier alpha value is -2.02. The molecule has 0 saturated carbocycles. The van der Waals surface area contributed by atoms with E-state index < -0.39 is 0 Å². The Labute approximate surface area is 178 Å². The summed E-state index contributed by atoms with van der Waals surface area (Å²) in [7, 11) is 1.93. The van der Waals surface area contributed by atoms with Crippen molar-refractivity contribution in [1.29, 1.82) is 0 Å².